The van der Waals surface area contributed by atoms with E-state index in [0.29, 0.717) is 11.5 Å². The second-order valence-corrected chi connectivity index (χ2v) is 6.95. The number of Topliss-reactive ketones (excluding diaryl/α,β-unsaturated/α-hetero) is 1. The Labute approximate surface area is 169 Å². The van der Waals surface area contributed by atoms with Crippen molar-refractivity contribution in [3.63, 3.8) is 0 Å². The van der Waals surface area contributed by atoms with E-state index in [0.717, 1.165) is 22.4 Å². The summed E-state index contributed by atoms with van der Waals surface area (Å²) in [5, 5.41) is 7.72. The van der Waals surface area contributed by atoms with Gasteiger partial charge in [0.15, 0.2) is 5.78 Å². The SMILES string of the molecule is CC(=O)c1ccc(Nc2nc(NC(C)c3ccccc3)c3ccccc3n2)cc1. The Morgan fingerprint density at radius 2 is 1.55 bits per heavy atom. The molecule has 2 N–H and O–H groups in total. The molecule has 3 aromatic carbocycles. The topological polar surface area (TPSA) is 66.9 Å². The van der Waals surface area contributed by atoms with E-state index in [9.17, 15) is 4.79 Å². The minimum absolute atomic E-state index is 0.0416. The fraction of sp³-hybridized carbons (Fsp3) is 0.125. The predicted molar refractivity (Wildman–Crippen MR) is 118 cm³/mol. The molecule has 0 amide bonds. The van der Waals surface area contributed by atoms with Gasteiger partial charge < -0.3 is 10.6 Å². The molecule has 1 unspecified atom stereocenters. The molecule has 5 nitrogen and oxygen atoms in total. The largest absolute Gasteiger partial charge is 0.363 e. The van der Waals surface area contributed by atoms with Gasteiger partial charge >= 0.3 is 0 Å². The van der Waals surface area contributed by atoms with Crippen LogP contribution in [0.25, 0.3) is 10.9 Å². The van der Waals surface area contributed by atoms with Crippen LogP contribution < -0.4 is 10.6 Å². The Balaban J connectivity index is 1.66. The van der Waals surface area contributed by atoms with E-state index in [1.807, 2.05) is 54.6 Å². The van der Waals surface area contributed by atoms with Gasteiger partial charge in [0.25, 0.3) is 0 Å². The molecule has 0 fully saturated rings. The molecule has 5 heteroatoms. The number of nitrogens with one attached hydrogen (secondary N) is 2. The van der Waals surface area contributed by atoms with Crippen LogP contribution in [-0.4, -0.2) is 15.8 Å². The van der Waals surface area contributed by atoms with Crippen molar-refractivity contribution in [1.29, 1.82) is 0 Å². The van der Waals surface area contributed by atoms with E-state index >= 15 is 0 Å². The van der Waals surface area contributed by atoms with Gasteiger partial charge in [0, 0.05) is 22.7 Å². The molecular formula is C24H22N4O. The molecule has 144 valence electrons. The van der Waals surface area contributed by atoms with Gasteiger partial charge in [0.2, 0.25) is 5.95 Å². The highest BCUT2D eigenvalue weighted by Crippen LogP contribution is 2.27. The Morgan fingerprint density at radius 3 is 2.28 bits per heavy atom. The molecule has 0 aliphatic carbocycles. The molecule has 0 bridgehead atoms. The fourth-order valence-electron chi connectivity index (χ4n) is 3.19. The van der Waals surface area contributed by atoms with Crippen molar-refractivity contribution < 1.29 is 4.79 Å². The van der Waals surface area contributed by atoms with Crippen LogP contribution in [0.3, 0.4) is 0 Å². The molecule has 29 heavy (non-hydrogen) atoms. The second-order valence-electron chi connectivity index (χ2n) is 6.95. The second kappa shape index (κ2) is 8.10. The van der Waals surface area contributed by atoms with Gasteiger partial charge in [-0.15, -0.1) is 0 Å². The van der Waals surface area contributed by atoms with Crippen molar-refractivity contribution in [2.75, 3.05) is 10.6 Å². The normalized spacial score (nSPS) is 11.8. The van der Waals surface area contributed by atoms with E-state index in [1.165, 1.54) is 5.56 Å². The summed E-state index contributed by atoms with van der Waals surface area (Å²) in [4.78, 5) is 20.8. The lowest BCUT2D eigenvalue weighted by molar-refractivity contribution is 0.101. The van der Waals surface area contributed by atoms with Crippen LogP contribution in [-0.2, 0) is 0 Å². The fourth-order valence-corrected chi connectivity index (χ4v) is 3.19. The summed E-state index contributed by atoms with van der Waals surface area (Å²) in [6.07, 6.45) is 0. The maximum atomic E-state index is 11.5. The highest BCUT2D eigenvalue weighted by atomic mass is 16.1. The number of aromatic nitrogens is 2. The first-order valence-corrected chi connectivity index (χ1v) is 9.56. The standard InChI is InChI=1S/C24H22N4O/c1-16(18-8-4-3-5-9-18)25-23-21-10-6-7-11-22(21)27-24(28-23)26-20-14-12-19(13-15-20)17(2)29/h3-16H,1-2H3,(H2,25,26,27,28). The van der Waals surface area contributed by atoms with Crippen LogP contribution in [0.1, 0.15) is 35.8 Å². The van der Waals surface area contributed by atoms with Crippen LogP contribution in [0.5, 0.6) is 0 Å². The molecular weight excluding hydrogens is 360 g/mol. The maximum Gasteiger partial charge on any atom is 0.229 e. The van der Waals surface area contributed by atoms with Gasteiger partial charge in [0.1, 0.15) is 5.82 Å². The maximum absolute atomic E-state index is 11.5. The van der Waals surface area contributed by atoms with Gasteiger partial charge in [-0.25, -0.2) is 4.98 Å². The van der Waals surface area contributed by atoms with Gasteiger partial charge in [-0.2, -0.15) is 4.98 Å². The number of anilines is 3. The summed E-state index contributed by atoms with van der Waals surface area (Å²) in [6, 6.07) is 25.6. The first kappa shape index (κ1) is 18.6. The number of para-hydroxylation sites is 1. The Morgan fingerprint density at radius 1 is 0.862 bits per heavy atom. The Hall–Kier alpha value is -3.73. The molecule has 0 saturated carbocycles. The molecule has 0 aliphatic heterocycles. The summed E-state index contributed by atoms with van der Waals surface area (Å²) in [7, 11) is 0. The average Bonchev–Trinajstić information content (AvgIpc) is 2.75. The molecule has 0 saturated heterocycles. The number of fused-ring (bicyclic) bond motifs is 1. The average molecular weight is 382 g/mol. The monoisotopic (exact) mass is 382 g/mol. The van der Waals surface area contributed by atoms with E-state index in [1.54, 1.807) is 19.1 Å². The van der Waals surface area contributed by atoms with Crippen molar-refractivity contribution in [3.8, 4) is 0 Å². The van der Waals surface area contributed by atoms with Crippen LogP contribution in [0.4, 0.5) is 17.5 Å². The number of nitrogens with zero attached hydrogens (tertiary/aromatic N) is 2. The van der Waals surface area contributed by atoms with Gasteiger partial charge in [-0.1, -0.05) is 42.5 Å². The highest BCUT2D eigenvalue weighted by molar-refractivity contribution is 5.94. The number of hydrogen-bond acceptors (Lipinski definition) is 5. The van der Waals surface area contributed by atoms with Crippen LogP contribution >= 0.6 is 0 Å². The molecule has 0 spiro atoms. The number of carbonyl (C=O) groups is 1. The van der Waals surface area contributed by atoms with E-state index in [4.69, 9.17) is 4.98 Å². The van der Waals surface area contributed by atoms with Crippen LogP contribution in [0.15, 0.2) is 78.9 Å². The van der Waals surface area contributed by atoms with E-state index in [2.05, 4.69) is 34.7 Å². The van der Waals surface area contributed by atoms with Crippen molar-refractivity contribution in [2.24, 2.45) is 0 Å². The number of benzene rings is 3. The molecule has 0 aliphatic rings. The Kier molecular flexibility index (Phi) is 5.20. The summed E-state index contributed by atoms with van der Waals surface area (Å²) in [5.41, 5.74) is 3.54. The lowest BCUT2D eigenvalue weighted by atomic mass is 10.1. The summed E-state index contributed by atoms with van der Waals surface area (Å²) < 4.78 is 0. The molecule has 1 atom stereocenters. The lowest BCUT2D eigenvalue weighted by Gasteiger charge is -2.17. The van der Waals surface area contributed by atoms with Crippen molar-refractivity contribution >= 4 is 34.1 Å². The van der Waals surface area contributed by atoms with Crippen molar-refractivity contribution in [3.05, 3.63) is 90.0 Å². The molecule has 4 aromatic rings. The zero-order valence-electron chi connectivity index (χ0n) is 16.4. The molecule has 1 aromatic heterocycles. The zero-order chi connectivity index (χ0) is 20.2. The third-order valence-corrected chi connectivity index (χ3v) is 4.80. The van der Waals surface area contributed by atoms with Crippen LogP contribution in [0, 0.1) is 0 Å². The summed E-state index contributed by atoms with van der Waals surface area (Å²) >= 11 is 0. The Bertz CT molecular complexity index is 1140. The first-order chi connectivity index (χ1) is 14.1. The number of ketones is 1. The quantitative estimate of drug-likeness (QED) is 0.416. The van der Waals surface area contributed by atoms with E-state index in [-0.39, 0.29) is 11.8 Å². The number of carbonyl (C=O) groups excluding carboxylic acids is 1. The first-order valence-electron chi connectivity index (χ1n) is 9.56. The number of rotatable bonds is 6. The predicted octanol–water partition coefficient (Wildman–Crippen LogP) is 5.75. The third-order valence-electron chi connectivity index (χ3n) is 4.80. The van der Waals surface area contributed by atoms with Gasteiger partial charge in [-0.3, -0.25) is 4.79 Å². The van der Waals surface area contributed by atoms with E-state index < -0.39 is 0 Å². The smallest absolute Gasteiger partial charge is 0.229 e. The lowest BCUT2D eigenvalue weighted by Crippen LogP contribution is -2.10. The summed E-state index contributed by atoms with van der Waals surface area (Å²) in [5.74, 6) is 1.32. The minimum Gasteiger partial charge on any atom is -0.363 e. The van der Waals surface area contributed by atoms with Gasteiger partial charge in [-0.05, 0) is 55.8 Å². The van der Waals surface area contributed by atoms with Crippen LogP contribution in [0.2, 0.25) is 0 Å². The molecule has 0 radical (unpaired) electrons. The van der Waals surface area contributed by atoms with Crippen molar-refractivity contribution in [1.82, 2.24) is 9.97 Å². The minimum atomic E-state index is 0.0416. The zero-order valence-corrected chi connectivity index (χ0v) is 16.4. The molecule has 4 rings (SSSR count). The highest BCUT2D eigenvalue weighted by Gasteiger charge is 2.12. The van der Waals surface area contributed by atoms with Crippen molar-refractivity contribution in [2.45, 2.75) is 19.9 Å². The molecule has 1 heterocycles. The number of hydrogen-bond donors (Lipinski definition) is 2. The van der Waals surface area contributed by atoms with Gasteiger partial charge in [0.05, 0.1) is 5.52 Å². The third kappa shape index (κ3) is 4.24. The summed E-state index contributed by atoms with van der Waals surface area (Å²) in [6.45, 7) is 3.67.